The summed E-state index contributed by atoms with van der Waals surface area (Å²) in [6.45, 7) is 11.4. The van der Waals surface area contributed by atoms with Gasteiger partial charge >= 0.3 is 0 Å². The highest BCUT2D eigenvalue weighted by Gasteiger charge is 2.16. The van der Waals surface area contributed by atoms with Crippen LogP contribution in [0.1, 0.15) is 58.3 Å². The van der Waals surface area contributed by atoms with Crippen LogP contribution in [-0.2, 0) is 0 Å². The lowest BCUT2D eigenvalue weighted by Crippen LogP contribution is -2.39. The number of halogens is 1. The summed E-state index contributed by atoms with van der Waals surface area (Å²) in [4.78, 5) is 9.85. The molecule has 0 aromatic carbocycles. The molecule has 0 aromatic rings. The summed E-state index contributed by atoms with van der Waals surface area (Å²) < 4.78 is 0. The Morgan fingerprint density at radius 3 is 2.35 bits per heavy atom. The van der Waals surface area contributed by atoms with Crippen LogP contribution in [0.5, 0.6) is 0 Å². The van der Waals surface area contributed by atoms with E-state index in [4.69, 9.17) is 4.99 Å². The van der Waals surface area contributed by atoms with E-state index in [2.05, 4.69) is 34.4 Å². The standard InChI is InChI=1S/C20H41N5.HI/c1-3-21-20(23-13-9-19-10-17-24(2)18-11-19)22-12-8-16-25-14-6-4-5-7-15-25;/h19H,3-18H2,1-2H3,(H2,21,22,23);1H. The van der Waals surface area contributed by atoms with Gasteiger partial charge < -0.3 is 20.4 Å². The number of aliphatic imine (C=N–C) groups is 1. The number of piperidine rings is 1. The van der Waals surface area contributed by atoms with Gasteiger partial charge in [0.05, 0.1) is 0 Å². The molecular formula is C20H42IN5. The second-order valence-electron chi connectivity index (χ2n) is 7.83. The molecule has 26 heavy (non-hydrogen) atoms. The molecule has 0 atom stereocenters. The van der Waals surface area contributed by atoms with Gasteiger partial charge in [-0.25, -0.2) is 0 Å². The van der Waals surface area contributed by atoms with Crippen LogP contribution in [0.3, 0.4) is 0 Å². The third-order valence-corrected chi connectivity index (χ3v) is 5.63. The van der Waals surface area contributed by atoms with Crippen LogP contribution < -0.4 is 10.6 Å². The van der Waals surface area contributed by atoms with E-state index in [0.717, 1.165) is 31.5 Å². The lowest BCUT2D eigenvalue weighted by molar-refractivity contribution is 0.213. The zero-order valence-electron chi connectivity index (χ0n) is 17.1. The van der Waals surface area contributed by atoms with Gasteiger partial charge in [0.15, 0.2) is 5.96 Å². The molecule has 0 saturated carbocycles. The second kappa shape index (κ2) is 14.9. The van der Waals surface area contributed by atoms with Crippen molar-refractivity contribution >= 4 is 29.9 Å². The molecule has 2 fully saturated rings. The van der Waals surface area contributed by atoms with Crippen LogP contribution in [0.15, 0.2) is 4.99 Å². The van der Waals surface area contributed by atoms with Gasteiger partial charge in [-0.1, -0.05) is 12.8 Å². The smallest absolute Gasteiger partial charge is 0.191 e. The molecule has 0 spiro atoms. The fourth-order valence-corrected chi connectivity index (χ4v) is 3.93. The van der Waals surface area contributed by atoms with Crippen molar-refractivity contribution < 1.29 is 0 Å². The van der Waals surface area contributed by atoms with E-state index < -0.39 is 0 Å². The minimum Gasteiger partial charge on any atom is -0.357 e. The van der Waals surface area contributed by atoms with E-state index >= 15 is 0 Å². The summed E-state index contributed by atoms with van der Waals surface area (Å²) in [7, 11) is 2.23. The minimum atomic E-state index is 0. The van der Waals surface area contributed by atoms with Crippen molar-refractivity contribution in [1.29, 1.82) is 0 Å². The number of hydrogen-bond donors (Lipinski definition) is 2. The predicted octanol–water partition coefficient (Wildman–Crippen LogP) is 3.16. The SMILES string of the molecule is CCNC(=NCCCN1CCCCCC1)NCCC1CCN(C)CC1.I. The molecule has 0 radical (unpaired) electrons. The molecule has 2 rings (SSSR count). The number of nitrogens with one attached hydrogen (secondary N) is 2. The fraction of sp³-hybridized carbons (Fsp3) is 0.950. The molecule has 0 aliphatic carbocycles. The topological polar surface area (TPSA) is 42.9 Å². The highest BCUT2D eigenvalue weighted by atomic mass is 127. The van der Waals surface area contributed by atoms with Crippen LogP contribution in [0.25, 0.3) is 0 Å². The highest BCUT2D eigenvalue weighted by molar-refractivity contribution is 14.0. The summed E-state index contributed by atoms with van der Waals surface area (Å²) in [5, 5.41) is 6.93. The third kappa shape index (κ3) is 10.3. The van der Waals surface area contributed by atoms with Crippen molar-refractivity contribution in [3.63, 3.8) is 0 Å². The van der Waals surface area contributed by atoms with Gasteiger partial charge in [-0.05, 0) is 91.1 Å². The van der Waals surface area contributed by atoms with Gasteiger partial charge in [-0.2, -0.15) is 0 Å². The number of hydrogen-bond acceptors (Lipinski definition) is 3. The van der Waals surface area contributed by atoms with Gasteiger partial charge in [0.1, 0.15) is 0 Å². The quantitative estimate of drug-likeness (QED) is 0.243. The number of likely N-dealkylation sites (tertiary alicyclic amines) is 2. The third-order valence-electron chi connectivity index (χ3n) is 5.63. The predicted molar refractivity (Wildman–Crippen MR) is 124 cm³/mol. The van der Waals surface area contributed by atoms with E-state index in [9.17, 15) is 0 Å². The van der Waals surface area contributed by atoms with Gasteiger partial charge in [0.25, 0.3) is 0 Å². The van der Waals surface area contributed by atoms with Crippen LogP contribution in [-0.4, -0.2) is 75.2 Å². The number of rotatable bonds is 8. The molecule has 2 heterocycles. The van der Waals surface area contributed by atoms with Gasteiger partial charge in [0.2, 0.25) is 0 Å². The van der Waals surface area contributed by atoms with Gasteiger partial charge in [0, 0.05) is 19.6 Å². The Kier molecular flexibility index (Phi) is 13.7. The summed E-state index contributed by atoms with van der Waals surface area (Å²) in [6.07, 6.45) is 10.7. The van der Waals surface area contributed by atoms with Crippen molar-refractivity contribution in [2.45, 2.75) is 58.3 Å². The first-order chi connectivity index (χ1) is 12.3. The summed E-state index contributed by atoms with van der Waals surface area (Å²) >= 11 is 0. The summed E-state index contributed by atoms with van der Waals surface area (Å²) in [5.41, 5.74) is 0. The van der Waals surface area contributed by atoms with Gasteiger partial charge in [-0.3, -0.25) is 4.99 Å². The average Bonchev–Trinajstić information content (AvgIpc) is 2.89. The monoisotopic (exact) mass is 479 g/mol. The molecule has 154 valence electrons. The molecule has 0 amide bonds. The number of guanidine groups is 1. The highest BCUT2D eigenvalue weighted by Crippen LogP contribution is 2.18. The Morgan fingerprint density at radius 1 is 1.00 bits per heavy atom. The fourth-order valence-electron chi connectivity index (χ4n) is 3.93. The first-order valence-corrected chi connectivity index (χ1v) is 10.7. The van der Waals surface area contributed by atoms with E-state index in [1.165, 1.54) is 84.1 Å². The zero-order valence-corrected chi connectivity index (χ0v) is 19.5. The molecule has 2 N–H and O–H groups in total. The van der Waals surface area contributed by atoms with E-state index in [1.807, 2.05) is 0 Å². The van der Waals surface area contributed by atoms with E-state index in [0.29, 0.717) is 0 Å². The van der Waals surface area contributed by atoms with Crippen LogP contribution in [0.2, 0.25) is 0 Å². The lowest BCUT2D eigenvalue weighted by atomic mass is 9.94. The van der Waals surface area contributed by atoms with Crippen molar-refractivity contribution in [2.75, 3.05) is 59.4 Å². The Labute approximate surface area is 178 Å². The molecule has 5 nitrogen and oxygen atoms in total. The first-order valence-electron chi connectivity index (χ1n) is 10.7. The molecule has 0 aromatic heterocycles. The van der Waals surface area contributed by atoms with Crippen molar-refractivity contribution in [2.24, 2.45) is 10.9 Å². The first kappa shape index (κ1) is 24.0. The van der Waals surface area contributed by atoms with Gasteiger partial charge in [-0.15, -0.1) is 24.0 Å². The van der Waals surface area contributed by atoms with Crippen molar-refractivity contribution in [1.82, 2.24) is 20.4 Å². The molecule has 2 aliphatic rings. The van der Waals surface area contributed by atoms with Crippen LogP contribution >= 0.6 is 24.0 Å². The Balaban J connectivity index is 0.00000338. The Morgan fingerprint density at radius 2 is 1.69 bits per heavy atom. The van der Waals surface area contributed by atoms with E-state index in [-0.39, 0.29) is 24.0 Å². The number of nitrogens with zero attached hydrogens (tertiary/aromatic N) is 3. The molecule has 0 bridgehead atoms. The zero-order chi connectivity index (χ0) is 17.7. The lowest BCUT2D eigenvalue weighted by Gasteiger charge is -2.29. The second-order valence-corrected chi connectivity index (χ2v) is 7.83. The summed E-state index contributed by atoms with van der Waals surface area (Å²) in [6, 6.07) is 0. The normalized spacial score (nSPS) is 21.1. The average molecular weight is 479 g/mol. The van der Waals surface area contributed by atoms with Crippen molar-refractivity contribution in [3.8, 4) is 0 Å². The van der Waals surface area contributed by atoms with E-state index in [1.54, 1.807) is 0 Å². The maximum absolute atomic E-state index is 4.78. The van der Waals surface area contributed by atoms with Crippen molar-refractivity contribution in [3.05, 3.63) is 0 Å². The minimum absolute atomic E-state index is 0. The largest absolute Gasteiger partial charge is 0.357 e. The molecule has 2 aliphatic heterocycles. The molecule has 6 heteroatoms. The summed E-state index contributed by atoms with van der Waals surface area (Å²) in [5.74, 6) is 1.89. The van der Waals surface area contributed by atoms with Crippen LogP contribution in [0, 0.1) is 5.92 Å². The maximum Gasteiger partial charge on any atom is 0.191 e. The Bertz CT molecular complexity index is 361. The molecule has 0 unspecified atom stereocenters. The van der Waals surface area contributed by atoms with Crippen LogP contribution in [0.4, 0.5) is 0 Å². The Hall–Kier alpha value is -0.0800. The molecular weight excluding hydrogens is 437 g/mol. The molecule has 2 saturated heterocycles. The maximum atomic E-state index is 4.78.